The van der Waals surface area contributed by atoms with Gasteiger partial charge in [0.25, 0.3) is 0 Å². The quantitative estimate of drug-likeness (QED) is 0.599. The van der Waals surface area contributed by atoms with E-state index in [-0.39, 0.29) is 36.5 Å². The van der Waals surface area contributed by atoms with Gasteiger partial charge in [-0.25, -0.2) is 0 Å². The van der Waals surface area contributed by atoms with Gasteiger partial charge in [0.05, 0.1) is 29.3 Å². The summed E-state index contributed by atoms with van der Waals surface area (Å²) in [6.07, 6.45) is 0.144. The van der Waals surface area contributed by atoms with Crippen LogP contribution in [0.2, 0.25) is 0 Å². The predicted molar refractivity (Wildman–Crippen MR) is 98.9 cm³/mol. The summed E-state index contributed by atoms with van der Waals surface area (Å²) in [6.45, 7) is 8.75. The lowest BCUT2D eigenvalue weighted by atomic mass is 9.84. The number of hydrogen-bond acceptors (Lipinski definition) is 7. The van der Waals surface area contributed by atoms with Crippen LogP contribution in [0.25, 0.3) is 0 Å². The lowest BCUT2D eigenvalue weighted by molar-refractivity contribution is -0.169. The van der Waals surface area contributed by atoms with Gasteiger partial charge in [0.15, 0.2) is 12.2 Å². The summed E-state index contributed by atoms with van der Waals surface area (Å²) >= 11 is 0. The Morgan fingerprint density at radius 3 is 2.17 bits per heavy atom. The van der Waals surface area contributed by atoms with Gasteiger partial charge in [0.2, 0.25) is 0 Å². The average molecular weight is 414 g/mol. The summed E-state index contributed by atoms with van der Waals surface area (Å²) in [5.41, 5.74) is -1.63. The lowest BCUT2D eigenvalue weighted by Crippen LogP contribution is -2.42. The predicted octanol–water partition coefficient (Wildman–Crippen LogP) is 2.01. The van der Waals surface area contributed by atoms with Crippen LogP contribution >= 0.6 is 0 Å². The number of ether oxygens (including phenoxy) is 3. The number of carbonyl (C=O) groups is 4. The first-order chi connectivity index (χ1) is 13.4. The van der Waals surface area contributed by atoms with Crippen molar-refractivity contribution in [1.29, 1.82) is 0 Å². The lowest BCUT2D eigenvalue weighted by Gasteiger charge is -2.27. The molecule has 6 unspecified atom stereocenters. The van der Waals surface area contributed by atoms with Crippen molar-refractivity contribution in [3.05, 3.63) is 0 Å². The van der Waals surface area contributed by atoms with E-state index in [1.165, 1.54) is 6.92 Å². The molecule has 3 aliphatic heterocycles. The smallest absolute Gasteiger partial charge is 0.312 e. The van der Waals surface area contributed by atoms with Crippen LogP contribution in [0.5, 0.6) is 0 Å². The molecule has 2 N–H and O–H groups in total. The molecule has 0 amide bonds. The first kappa shape index (κ1) is 23.1. The molecule has 3 fully saturated rings. The Labute approximate surface area is 169 Å². The second-order valence-electron chi connectivity index (χ2n) is 8.78. The fourth-order valence-corrected chi connectivity index (χ4v) is 3.50. The molecule has 0 aromatic rings. The number of esters is 2. The summed E-state index contributed by atoms with van der Waals surface area (Å²) in [4.78, 5) is 44.3. The number of hydrogen-bond donors (Lipinski definition) is 2. The third-order valence-corrected chi connectivity index (χ3v) is 6.30. The summed E-state index contributed by atoms with van der Waals surface area (Å²) < 4.78 is 16.5. The van der Waals surface area contributed by atoms with Crippen molar-refractivity contribution in [3.8, 4) is 0 Å². The van der Waals surface area contributed by atoms with Crippen molar-refractivity contribution in [2.75, 3.05) is 0 Å². The van der Waals surface area contributed by atoms with E-state index < -0.39 is 35.0 Å². The molecular weight excluding hydrogens is 384 g/mol. The second-order valence-corrected chi connectivity index (χ2v) is 8.78. The number of carboxylic acids is 2. The molecule has 29 heavy (non-hydrogen) atoms. The van der Waals surface area contributed by atoms with Crippen molar-refractivity contribution in [3.63, 3.8) is 0 Å². The van der Waals surface area contributed by atoms with E-state index >= 15 is 0 Å². The van der Waals surface area contributed by atoms with Crippen molar-refractivity contribution < 1.29 is 43.6 Å². The Bertz CT molecular complexity index is 685. The number of fused-ring (bicyclic) bond motifs is 1. The standard InChI is InChI=1S/C13H18O5.C7H12O4/c1-4-13(2,3)12(15)18-9-7-5-6-8(16-7)10(9)17-11(6)14;1-3-7(2,6(10)11)4-5(8)9/h6-10H,4-5H2,1-3H3;3-4H2,1-2H3,(H,8,9)(H,10,11). The minimum absolute atomic E-state index is 0.144. The molecule has 0 saturated carbocycles. The number of aliphatic carboxylic acids is 2. The molecule has 3 rings (SSSR count). The van der Waals surface area contributed by atoms with Gasteiger partial charge in [-0.3, -0.25) is 19.2 Å². The monoisotopic (exact) mass is 414 g/mol. The molecule has 2 bridgehead atoms. The van der Waals surface area contributed by atoms with Gasteiger partial charge in [-0.1, -0.05) is 13.8 Å². The maximum atomic E-state index is 12.1. The SMILES string of the molecule is CCC(C)(C)C(=O)OC1C2CC3C(=O)OC1C3O2.CCC(C)(CC(=O)O)C(=O)O. The highest BCUT2D eigenvalue weighted by molar-refractivity contribution is 5.81. The van der Waals surface area contributed by atoms with E-state index in [0.717, 1.165) is 0 Å². The molecule has 3 aliphatic rings. The highest BCUT2D eigenvalue weighted by Crippen LogP contribution is 2.47. The van der Waals surface area contributed by atoms with E-state index in [1.807, 2.05) is 20.8 Å². The molecule has 3 heterocycles. The average Bonchev–Trinajstić information content (AvgIpc) is 3.26. The maximum Gasteiger partial charge on any atom is 0.312 e. The first-order valence-electron chi connectivity index (χ1n) is 9.88. The van der Waals surface area contributed by atoms with Crippen LogP contribution in [0.4, 0.5) is 0 Å². The molecule has 0 spiro atoms. The molecular formula is C20H30O9. The van der Waals surface area contributed by atoms with E-state index in [9.17, 15) is 19.2 Å². The van der Waals surface area contributed by atoms with Crippen molar-refractivity contribution >= 4 is 23.9 Å². The van der Waals surface area contributed by atoms with Gasteiger partial charge in [-0.05, 0) is 40.0 Å². The van der Waals surface area contributed by atoms with E-state index in [4.69, 9.17) is 24.4 Å². The molecule has 9 nitrogen and oxygen atoms in total. The van der Waals surface area contributed by atoms with Gasteiger partial charge in [0, 0.05) is 0 Å². The van der Waals surface area contributed by atoms with Crippen LogP contribution < -0.4 is 0 Å². The Balaban J connectivity index is 0.000000237. The van der Waals surface area contributed by atoms with E-state index in [1.54, 1.807) is 6.92 Å². The molecule has 3 saturated heterocycles. The third-order valence-electron chi connectivity index (χ3n) is 6.30. The highest BCUT2D eigenvalue weighted by Gasteiger charge is 2.65. The second kappa shape index (κ2) is 8.30. The van der Waals surface area contributed by atoms with Gasteiger partial charge >= 0.3 is 23.9 Å². The topological polar surface area (TPSA) is 136 Å². The van der Waals surface area contributed by atoms with Gasteiger partial charge in [0.1, 0.15) is 6.10 Å². The minimum atomic E-state index is -1.12. The Morgan fingerprint density at radius 1 is 1.10 bits per heavy atom. The zero-order chi connectivity index (χ0) is 22.1. The van der Waals surface area contributed by atoms with Crippen LogP contribution in [0.15, 0.2) is 0 Å². The molecule has 9 heteroatoms. The number of carbonyl (C=O) groups excluding carboxylic acids is 2. The molecule has 0 aromatic heterocycles. The Hall–Kier alpha value is -2.16. The van der Waals surface area contributed by atoms with Gasteiger partial charge in [-0.2, -0.15) is 0 Å². The van der Waals surface area contributed by atoms with Gasteiger partial charge < -0.3 is 24.4 Å². The molecule has 0 radical (unpaired) electrons. The molecule has 164 valence electrons. The van der Waals surface area contributed by atoms with E-state index in [0.29, 0.717) is 19.3 Å². The van der Waals surface area contributed by atoms with Crippen LogP contribution in [-0.2, 0) is 33.4 Å². The largest absolute Gasteiger partial charge is 0.481 e. The number of rotatable bonds is 7. The normalized spacial score (nSPS) is 31.3. The van der Waals surface area contributed by atoms with Crippen molar-refractivity contribution in [2.24, 2.45) is 16.7 Å². The van der Waals surface area contributed by atoms with Crippen LogP contribution in [0.3, 0.4) is 0 Å². The third kappa shape index (κ3) is 4.55. The fraction of sp³-hybridized carbons (Fsp3) is 0.800. The van der Waals surface area contributed by atoms with Crippen LogP contribution in [-0.4, -0.2) is 58.5 Å². The fourth-order valence-electron chi connectivity index (χ4n) is 3.50. The minimum Gasteiger partial charge on any atom is -0.481 e. The molecule has 0 aliphatic carbocycles. The Morgan fingerprint density at radius 2 is 1.72 bits per heavy atom. The van der Waals surface area contributed by atoms with Crippen molar-refractivity contribution in [2.45, 2.75) is 84.7 Å². The Kier molecular flexibility index (Phi) is 6.61. The maximum absolute atomic E-state index is 12.1. The summed E-state index contributed by atoms with van der Waals surface area (Å²) in [5.74, 6) is -2.72. The summed E-state index contributed by atoms with van der Waals surface area (Å²) in [5, 5.41) is 17.0. The summed E-state index contributed by atoms with van der Waals surface area (Å²) in [7, 11) is 0. The molecule has 0 aromatic carbocycles. The van der Waals surface area contributed by atoms with Crippen LogP contribution in [0, 0.1) is 16.7 Å². The van der Waals surface area contributed by atoms with Crippen molar-refractivity contribution in [1.82, 2.24) is 0 Å². The number of carboxylic acid groups (broad SMARTS) is 2. The first-order valence-corrected chi connectivity index (χ1v) is 9.88. The van der Waals surface area contributed by atoms with Gasteiger partial charge in [-0.15, -0.1) is 0 Å². The molecule has 6 atom stereocenters. The van der Waals surface area contributed by atoms with E-state index in [2.05, 4.69) is 0 Å². The zero-order valence-electron chi connectivity index (χ0n) is 17.5. The summed E-state index contributed by atoms with van der Waals surface area (Å²) in [6, 6.07) is 0. The van der Waals surface area contributed by atoms with Crippen LogP contribution in [0.1, 0.15) is 60.3 Å². The highest BCUT2D eigenvalue weighted by atomic mass is 16.7. The zero-order valence-corrected chi connectivity index (χ0v) is 17.5.